The van der Waals surface area contributed by atoms with Gasteiger partial charge in [-0.25, -0.2) is 4.79 Å². The first-order valence-electron chi connectivity index (χ1n) is 10.2. The molecule has 6 rings (SSSR count). The number of nitrogens with one attached hydrogen (secondary N) is 1. The van der Waals surface area contributed by atoms with Crippen molar-refractivity contribution in [3.8, 4) is 11.1 Å². The van der Waals surface area contributed by atoms with Crippen LogP contribution in [0.4, 0.5) is 4.79 Å². The van der Waals surface area contributed by atoms with Crippen LogP contribution in [-0.2, 0) is 11.2 Å². The number of benzene rings is 2. The Kier molecular flexibility index (Phi) is 4.77. The summed E-state index contributed by atoms with van der Waals surface area (Å²) >= 11 is 6.13. The summed E-state index contributed by atoms with van der Waals surface area (Å²) in [6, 6.07) is 14.4. The van der Waals surface area contributed by atoms with Gasteiger partial charge in [0.2, 0.25) is 0 Å². The number of rotatable bonds is 3. The van der Waals surface area contributed by atoms with Crippen LogP contribution in [0.3, 0.4) is 0 Å². The van der Waals surface area contributed by atoms with Gasteiger partial charge in [0.15, 0.2) is 0 Å². The zero-order valence-corrected chi connectivity index (χ0v) is 16.6. The number of carbonyl (C=O) groups is 1. The molecule has 1 aliphatic carbocycles. The number of ether oxygens (including phenoxy) is 1. The van der Waals surface area contributed by atoms with Crippen LogP contribution in [-0.4, -0.2) is 36.7 Å². The molecule has 0 radical (unpaired) electrons. The zero-order valence-electron chi connectivity index (χ0n) is 15.9. The average molecular weight is 397 g/mol. The number of aryl methyl sites for hydroxylation is 1. The molecule has 3 heterocycles. The lowest BCUT2D eigenvalue weighted by Gasteiger charge is -2.43. The fraction of sp³-hybridized carbons (Fsp3) is 0.435. The summed E-state index contributed by atoms with van der Waals surface area (Å²) in [5, 5.41) is 3.85. The van der Waals surface area contributed by atoms with Gasteiger partial charge < -0.3 is 10.1 Å². The van der Waals surface area contributed by atoms with Crippen molar-refractivity contribution in [1.29, 1.82) is 0 Å². The monoisotopic (exact) mass is 396 g/mol. The molecule has 4 nitrogen and oxygen atoms in total. The highest BCUT2D eigenvalue weighted by atomic mass is 35.5. The van der Waals surface area contributed by atoms with E-state index in [1.54, 1.807) is 0 Å². The van der Waals surface area contributed by atoms with Crippen LogP contribution in [0.1, 0.15) is 36.4 Å². The molecule has 1 N–H and O–H groups in total. The molecular formula is C23H25ClN2O2. The van der Waals surface area contributed by atoms with Crippen LogP contribution in [0.2, 0.25) is 5.02 Å². The molecule has 3 saturated heterocycles. The van der Waals surface area contributed by atoms with Crippen molar-refractivity contribution < 1.29 is 9.53 Å². The molecule has 5 heteroatoms. The Morgan fingerprint density at radius 2 is 1.89 bits per heavy atom. The van der Waals surface area contributed by atoms with Gasteiger partial charge in [0.05, 0.1) is 6.04 Å². The van der Waals surface area contributed by atoms with Gasteiger partial charge in [-0.1, -0.05) is 41.9 Å². The first kappa shape index (κ1) is 18.0. The molecule has 2 bridgehead atoms. The van der Waals surface area contributed by atoms with Crippen LogP contribution in [0.25, 0.3) is 11.1 Å². The predicted octanol–water partition coefficient (Wildman–Crippen LogP) is 4.81. The molecule has 1 unspecified atom stereocenters. The van der Waals surface area contributed by atoms with Gasteiger partial charge in [-0.3, -0.25) is 4.90 Å². The highest BCUT2D eigenvalue weighted by Crippen LogP contribution is 2.35. The predicted molar refractivity (Wildman–Crippen MR) is 111 cm³/mol. The lowest BCUT2D eigenvalue weighted by Crippen LogP contribution is -2.52. The van der Waals surface area contributed by atoms with E-state index in [4.69, 9.17) is 16.3 Å². The summed E-state index contributed by atoms with van der Waals surface area (Å²) < 4.78 is 5.80. The second-order valence-electron chi connectivity index (χ2n) is 8.24. The number of hydrogen-bond acceptors (Lipinski definition) is 3. The number of hydrogen-bond donors (Lipinski definition) is 1. The third-order valence-corrected chi connectivity index (χ3v) is 6.76. The Morgan fingerprint density at radius 1 is 1.07 bits per heavy atom. The first-order chi connectivity index (χ1) is 13.7. The maximum Gasteiger partial charge on any atom is 0.407 e. The van der Waals surface area contributed by atoms with Crippen molar-refractivity contribution in [3.05, 3.63) is 58.6 Å². The third-order valence-electron chi connectivity index (χ3n) is 6.53. The Hall–Kier alpha value is -2.04. The van der Waals surface area contributed by atoms with Gasteiger partial charge in [-0.05, 0) is 79.1 Å². The zero-order chi connectivity index (χ0) is 19.1. The quantitative estimate of drug-likeness (QED) is 0.809. The molecule has 3 aliphatic heterocycles. The fourth-order valence-corrected chi connectivity index (χ4v) is 5.16. The van der Waals surface area contributed by atoms with Crippen molar-refractivity contribution in [1.82, 2.24) is 10.2 Å². The van der Waals surface area contributed by atoms with Crippen LogP contribution in [0.5, 0.6) is 0 Å². The third kappa shape index (κ3) is 3.51. The molecule has 1 amide bonds. The second kappa shape index (κ2) is 7.41. The van der Waals surface area contributed by atoms with E-state index in [2.05, 4.69) is 34.5 Å². The molecule has 146 valence electrons. The van der Waals surface area contributed by atoms with E-state index in [0.29, 0.717) is 5.92 Å². The SMILES string of the molecule is O=C(NC1CCc2cc(-c3cccc(Cl)c3)ccc21)O[C@@H]1CN2CCC1CC2. The number of nitrogens with zero attached hydrogens (tertiary/aromatic N) is 1. The largest absolute Gasteiger partial charge is 0.445 e. The lowest BCUT2D eigenvalue weighted by molar-refractivity contribution is -0.0339. The minimum absolute atomic E-state index is 0.0389. The number of alkyl carbamates (subject to hydrolysis) is 1. The highest BCUT2D eigenvalue weighted by Gasteiger charge is 2.37. The summed E-state index contributed by atoms with van der Waals surface area (Å²) in [6.45, 7) is 3.19. The van der Waals surface area contributed by atoms with Crippen molar-refractivity contribution in [2.75, 3.05) is 19.6 Å². The summed E-state index contributed by atoms with van der Waals surface area (Å²) in [5.74, 6) is 0.534. The number of carbonyl (C=O) groups excluding carboxylic acids is 1. The van der Waals surface area contributed by atoms with Gasteiger partial charge in [0.1, 0.15) is 6.10 Å². The maximum atomic E-state index is 12.5. The minimum atomic E-state index is -0.268. The van der Waals surface area contributed by atoms with Crippen LogP contribution in [0.15, 0.2) is 42.5 Å². The number of halogens is 1. The van der Waals surface area contributed by atoms with Gasteiger partial charge >= 0.3 is 6.09 Å². The van der Waals surface area contributed by atoms with E-state index >= 15 is 0 Å². The standard InChI is InChI=1S/C23H25ClN2O2/c24-19-3-1-2-16(13-19)17-4-6-20-18(12-17)5-7-21(20)25-23(27)28-22-14-26-10-8-15(22)9-11-26/h1-4,6,12-13,15,21-22H,5,7-11,14H2,(H,25,27)/t21?,22-/m1/s1. The fourth-order valence-electron chi connectivity index (χ4n) is 4.97. The van der Waals surface area contributed by atoms with Crippen molar-refractivity contribution in [2.24, 2.45) is 5.92 Å². The smallest absolute Gasteiger partial charge is 0.407 e. The van der Waals surface area contributed by atoms with Crippen molar-refractivity contribution in [3.63, 3.8) is 0 Å². The topological polar surface area (TPSA) is 41.6 Å². The lowest BCUT2D eigenvalue weighted by atomic mass is 9.86. The molecule has 2 atom stereocenters. The number of piperidine rings is 3. The average Bonchev–Trinajstić information content (AvgIpc) is 3.11. The second-order valence-corrected chi connectivity index (χ2v) is 8.68. The Morgan fingerprint density at radius 3 is 2.64 bits per heavy atom. The molecule has 3 fully saturated rings. The van der Waals surface area contributed by atoms with Gasteiger partial charge in [-0.2, -0.15) is 0 Å². The minimum Gasteiger partial charge on any atom is -0.445 e. The summed E-state index contributed by atoms with van der Waals surface area (Å²) in [7, 11) is 0. The molecule has 2 aromatic rings. The maximum absolute atomic E-state index is 12.5. The van der Waals surface area contributed by atoms with Gasteiger partial charge in [0.25, 0.3) is 0 Å². The molecule has 2 aromatic carbocycles. The molecule has 0 spiro atoms. The van der Waals surface area contributed by atoms with Crippen LogP contribution in [0, 0.1) is 5.92 Å². The van der Waals surface area contributed by atoms with E-state index in [1.165, 1.54) is 11.1 Å². The van der Waals surface area contributed by atoms with E-state index in [0.717, 1.165) is 61.5 Å². The Labute approximate surface area is 170 Å². The Balaban J connectivity index is 1.26. The van der Waals surface area contributed by atoms with Crippen molar-refractivity contribution >= 4 is 17.7 Å². The van der Waals surface area contributed by atoms with Gasteiger partial charge in [0, 0.05) is 11.6 Å². The van der Waals surface area contributed by atoms with E-state index in [1.807, 2.05) is 18.2 Å². The van der Waals surface area contributed by atoms with Gasteiger partial charge in [-0.15, -0.1) is 0 Å². The molecule has 0 aromatic heterocycles. The van der Waals surface area contributed by atoms with Crippen molar-refractivity contribution in [2.45, 2.75) is 37.8 Å². The normalized spacial score (nSPS) is 28.0. The highest BCUT2D eigenvalue weighted by molar-refractivity contribution is 6.30. The van der Waals surface area contributed by atoms with E-state index in [-0.39, 0.29) is 18.2 Å². The molecule has 28 heavy (non-hydrogen) atoms. The summed E-state index contributed by atoms with van der Waals surface area (Å²) in [6.07, 6.45) is 3.97. The van der Waals surface area contributed by atoms with E-state index in [9.17, 15) is 4.79 Å². The number of fused-ring (bicyclic) bond motifs is 4. The summed E-state index contributed by atoms with van der Waals surface area (Å²) in [4.78, 5) is 14.9. The molecular weight excluding hydrogens is 372 g/mol. The van der Waals surface area contributed by atoms with Crippen LogP contribution >= 0.6 is 11.6 Å². The number of amides is 1. The Bertz CT molecular complexity index is 892. The van der Waals surface area contributed by atoms with E-state index < -0.39 is 0 Å². The molecule has 4 aliphatic rings. The first-order valence-corrected chi connectivity index (χ1v) is 10.6. The summed E-state index contributed by atoms with van der Waals surface area (Å²) in [5.41, 5.74) is 4.78. The molecule has 0 saturated carbocycles. The van der Waals surface area contributed by atoms with Crippen LogP contribution < -0.4 is 5.32 Å².